The Kier molecular flexibility index (Phi) is 57.7. The number of fused-ring (bicyclic) bond motifs is 7. The van der Waals surface area contributed by atoms with Gasteiger partial charge in [-0.3, -0.25) is 0 Å². The Bertz CT molecular complexity index is 3130. The van der Waals surface area contributed by atoms with Crippen LogP contribution in [0.1, 0.15) is 554 Å². The molecule has 0 bridgehead atoms. The topological polar surface area (TPSA) is 62.0 Å². The van der Waals surface area contributed by atoms with E-state index < -0.39 is 47.6 Å². The summed E-state index contributed by atoms with van der Waals surface area (Å²) in [7, 11) is 0. The van der Waals surface area contributed by atoms with Crippen molar-refractivity contribution in [1.82, 2.24) is 7.96 Å². The van der Waals surface area contributed by atoms with E-state index in [4.69, 9.17) is 12.0 Å². The molecule has 3 aliphatic rings. The monoisotopic (exact) mass is 1980 g/mol. The molecule has 1 heterocycles. The van der Waals surface area contributed by atoms with Gasteiger partial charge in [0, 0.05) is 0 Å². The Hall–Kier alpha value is -0.644. The van der Waals surface area contributed by atoms with Crippen LogP contribution in [-0.2, 0) is 10.8 Å². The Morgan fingerprint density at radius 2 is 0.576 bits per heavy atom. The number of hydrogen-bond donors (Lipinski definition) is 1. The molecule has 118 heavy (non-hydrogen) atoms. The van der Waals surface area contributed by atoms with Crippen molar-refractivity contribution in [3.63, 3.8) is 0 Å². The van der Waals surface area contributed by atoms with Crippen molar-refractivity contribution in [1.29, 1.82) is 5.41 Å². The summed E-state index contributed by atoms with van der Waals surface area (Å²) in [4.78, 5) is 0. The molecule has 1 radical (unpaired) electrons. The van der Waals surface area contributed by atoms with Gasteiger partial charge < -0.3 is 0 Å². The van der Waals surface area contributed by atoms with Gasteiger partial charge in [-0.2, -0.15) is 0 Å². The van der Waals surface area contributed by atoms with E-state index in [1.54, 1.807) is 3.58 Å². The average Bonchev–Trinajstić information content (AvgIpc) is 1.50. The van der Waals surface area contributed by atoms with Crippen LogP contribution in [0.2, 0.25) is 26.6 Å². The number of aromatic nitrogens is 2. The molecule has 10 heteroatoms. The molecule has 0 unspecified atom stereocenters. The van der Waals surface area contributed by atoms with E-state index in [1.807, 2.05) is 0 Å². The summed E-state index contributed by atoms with van der Waals surface area (Å²) in [6.07, 6.45) is 92.8. The molecule has 0 spiro atoms. The van der Waals surface area contributed by atoms with E-state index in [0.29, 0.717) is 33.7 Å². The summed E-state index contributed by atoms with van der Waals surface area (Å²) in [5, 5.41) is 11.0. The Morgan fingerprint density at radius 3 is 0.873 bits per heavy atom. The van der Waals surface area contributed by atoms with Gasteiger partial charge in [0.15, 0.2) is 0 Å². The molecule has 0 saturated carbocycles. The third-order valence-corrected chi connectivity index (χ3v) is 62.5. The van der Waals surface area contributed by atoms with Crippen molar-refractivity contribution in [3.8, 4) is 11.1 Å². The maximum atomic E-state index is 21.5. The van der Waals surface area contributed by atoms with E-state index in [9.17, 15) is 5.41 Å². The van der Waals surface area contributed by atoms with Gasteiger partial charge in [-0.15, -0.1) is 0 Å². The molecule has 1 aromatic heterocycles. The first-order chi connectivity index (χ1) is 58.0. The molecule has 3 aromatic rings. The van der Waals surface area contributed by atoms with Crippen LogP contribution in [-0.4, -0.2) is 87.3 Å². The first kappa shape index (κ1) is 106. The predicted octanol–water partition coefficient (Wildman–Crippen LogP) is 36.7. The van der Waals surface area contributed by atoms with Crippen LogP contribution >= 0.6 is 0 Å². The fourth-order valence-electron chi connectivity index (χ4n) is 22.5. The van der Waals surface area contributed by atoms with Gasteiger partial charge in [0.2, 0.25) is 0 Å². The van der Waals surface area contributed by atoms with Crippen LogP contribution in [0, 0.1) is 17.0 Å². The minimum Gasteiger partial charge on any atom is -0.0654 e. The molecule has 0 aliphatic heterocycles. The molecule has 0 saturated heterocycles. The predicted molar refractivity (Wildman–Crippen MR) is 529 cm³/mol. The van der Waals surface area contributed by atoms with Gasteiger partial charge in [-0.1, -0.05) is 207 Å². The summed E-state index contributed by atoms with van der Waals surface area (Å²) < 4.78 is 70.3. The van der Waals surface area contributed by atoms with Crippen LogP contribution in [0.5, 0.6) is 0 Å². The number of rotatable bonds is 80. The van der Waals surface area contributed by atoms with Gasteiger partial charge in [0.1, 0.15) is 0 Å². The smallest absolute Gasteiger partial charge is 0.0654 e. The molecule has 0 amide bonds. The van der Waals surface area contributed by atoms with Crippen molar-refractivity contribution >= 4 is 99.6 Å². The number of nitrogens with one attached hydrogen (secondary N) is 1. The molecular formula is C108H189F2N4Se2Sn2. The first-order valence-electron chi connectivity index (χ1n) is 53.1. The van der Waals surface area contributed by atoms with E-state index >= 15 is 8.78 Å². The van der Waals surface area contributed by atoms with Gasteiger partial charge >= 0.3 is 554 Å². The quantitative estimate of drug-likeness (QED) is 0.0348. The number of nitrogens with zero attached hydrogens (tertiary/aromatic N) is 3. The first-order valence-corrected chi connectivity index (χ1v) is 70.4. The van der Waals surface area contributed by atoms with Crippen molar-refractivity contribution in [3.05, 3.63) is 55.2 Å². The number of hydrogen-bond acceptors (Lipinski definition) is 4. The second kappa shape index (κ2) is 64.2. The minimum absolute atomic E-state index is 0.123. The van der Waals surface area contributed by atoms with Crippen LogP contribution in [0.4, 0.5) is 8.78 Å². The summed E-state index contributed by atoms with van der Waals surface area (Å²) in [5.74, 6) is -0.269. The van der Waals surface area contributed by atoms with Gasteiger partial charge in [0.25, 0.3) is 0 Å². The number of allylic oxidation sites excluding steroid dienone is 4. The van der Waals surface area contributed by atoms with Crippen molar-refractivity contribution in [2.75, 3.05) is 0 Å². The third kappa shape index (κ3) is 33.1. The second-order valence-electron chi connectivity index (χ2n) is 39.3. The van der Waals surface area contributed by atoms with E-state index in [1.165, 1.54) is 407 Å². The zero-order chi connectivity index (χ0) is 84.6. The Labute approximate surface area is 754 Å². The van der Waals surface area contributed by atoms with Crippen LogP contribution < -0.4 is 3.58 Å². The Balaban J connectivity index is 1.62. The molecule has 4 nitrogen and oxygen atoms in total. The van der Waals surface area contributed by atoms with Crippen LogP contribution in [0.15, 0.2) is 25.3 Å². The van der Waals surface area contributed by atoms with Crippen LogP contribution in [0.25, 0.3) is 27.7 Å². The molecule has 3 aliphatic carbocycles. The van der Waals surface area contributed by atoms with Crippen molar-refractivity contribution < 1.29 is 8.78 Å². The van der Waals surface area contributed by atoms with E-state index in [2.05, 4.69) is 97.6 Å². The van der Waals surface area contributed by atoms with Crippen molar-refractivity contribution in [2.24, 2.45) is 4.01 Å². The number of benzene rings is 2. The molecule has 1 N–H and O–H groups in total. The normalized spacial score (nSPS) is 14.8. The summed E-state index contributed by atoms with van der Waals surface area (Å²) in [5.41, 5.74) is 8.50. The summed E-state index contributed by atoms with van der Waals surface area (Å²) in [6.45, 7) is 23.6. The van der Waals surface area contributed by atoms with Crippen LogP contribution in [0.3, 0.4) is 0 Å². The van der Waals surface area contributed by atoms with E-state index in [-0.39, 0.29) is 26.6 Å². The molecule has 6 rings (SSSR count). The number of halogens is 2. The van der Waals surface area contributed by atoms with Gasteiger partial charge in [-0.05, 0) is 0 Å². The van der Waals surface area contributed by atoms with Gasteiger partial charge in [-0.25, -0.2) is 0 Å². The van der Waals surface area contributed by atoms with Crippen molar-refractivity contribution in [2.45, 2.75) is 569 Å². The summed E-state index contributed by atoms with van der Waals surface area (Å²) >= 11 is -4.02. The molecule has 675 valence electrons. The van der Waals surface area contributed by atoms with E-state index in [0.717, 1.165) is 118 Å². The average molecular weight is 1980 g/mol. The standard InChI is InChI=1S/C84H135F2N4Se2.6C4H9.2Sn/c1-5-9-13-17-21-25-29-33-37-41-45-49-53-57-65-83(66-58-54-50-46-42-38-34-30-26-22-18-14-10-6-2)69-61-63-71(87)81(88-91)73(69)75-77(83)80(86)76-74-70(62-64-72-82(74)90-92-89-72)84(78(76)79(75)85,67-59-55-51-47-43-39-35-31-27-23-19-15-11-7-3)68-60-56-52-48-44-40-36-32-28-24-20-16-12-8-4;6*1-3-4-2;;/h61-62,87H,5-60,65-68H2,1-4H3;6*1,3-4H2,2H3;;/b87-71?,88-81+;;;;;;;;. The second-order valence-corrected chi connectivity index (χ2v) is 67.1. The Morgan fingerprint density at radius 1 is 0.322 bits per heavy atom. The zero-order valence-corrected chi connectivity index (χ0v) is 88.9. The SMILES string of the molecule is CCCCCCCCCCCCCCCCC1(CCCCCCCCCCCCCCCC)C2=C(/C(=N/[Se])C(=N)[C]([Sn]([CH2]CCC)([CH2]CCC)[CH2]CCC)=C2)c2c(F)c3c(c(F)c21)-c1c(c[c]([Sn]([CH2]CCC)([CH2]CCC)[CH2]CCC)c2n[se]nc12)C3(CCCCCCCCCCCCCCCC)CCCCCCCCCCCCCCCC. The molecular weight excluding hydrogens is 1790 g/mol. The number of unbranched alkanes of at least 4 members (excludes halogenated alkanes) is 58. The maximum absolute atomic E-state index is 21.5. The fraction of sp³-hybridized carbons (Fsp3) is 0.833. The minimum atomic E-state index is -3.51. The third-order valence-electron chi connectivity index (χ3n) is 29.8. The van der Waals surface area contributed by atoms with Gasteiger partial charge in [0.05, 0.1) is 0 Å². The molecule has 2 aromatic carbocycles. The zero-order valence-electron chi connectivity index (χ0n) is 79.7. The molecule has 0 fully saturated rings. The fourth-order valence-corrected chi connectivity index (χ4v) is 57.5. The molecule has 0 atom stereocenters. The summed E-state index contributed by atoms with van der Waals surface area (Å²) in [6, 6.07) is 2.75.